The van der Waals surface area contributed by atoms with Gasteiger partial charge in [-0.1, -0.05) is 0 Å². The maximum atomic E-state index is 11.6. The van der Waals surface area contributed by atoms with Gasteiger partial charge < -0.3 is 10.4 Å². The minimum atomic E-state index is -0.615. The van der Waals surface area contributed by atoms with Crippen molar-refractivity contribution in [3.8, 4) is 0 Å². The lowest BCUT2D eigenvalue weighted by Gasteiger charge is -2.35. The Hall–Kier alpha value is -1.14. The van der Waals surface area contributed by atoms with Crippen molar-refractivity contribution in [2.24, 2.45) is 0 Å². The average molecular weight is 255 g/mol. The highest BCUT2D eigenvalue weighted by atomic mass is 16.3. The molecule has 18 heavy (non-hydrogen) atoms. The summed E-state index contributed by atoms with van der Waals surface area (Å²) in [6.07, 6.45) is 3.33. The maximum absolute atomic E-state index is 11.6. The Kier molecular flexibility index (Phi) is 3.87. The molecule has 102 valence electrons. The standard InChI is InChI=1S/C12H21N3O3/c1-12(18)4-6-15(7-5-12)8-10(16)14-11(17)13-9-2-3-9/h9,18H,2-8H2,1H3,(H2,13,14,16,17). The Morgan fingerprint density at radius 3 is 2.50 bits per heavy atom. The Labute approximate surface area is 107 Å². The number of carbonyl (C=O) groups is 2. The largest absolute Gasteiger partial charge is 0.390 e. The van der Waals surface area contributed by atoms with Crippen molar-refractivity contribution in [3.63, 3.8) is 0 Å². The second-order valence-electron chi connectivity index (χ2n) is 5.57. The first kappa shape index (κ1) is 13.3. The first-order valence-corrected chi connectivity index (χ1v) is 6.50. The Morgan fingerprint density at radius 1 is 1.33 bits per heavy atom. The van der Waals surface area contributed by atoms with Crippen LogP contribution in [0.3, 0.4) is 0 Å². The van der Waals surface area contributed by atoms with Gasteiger partial charge in [-0.05, 0) is 32.6 Å². The predicted molar refractivity (Wildman–Crippen MR) is 66.0 cm³/mol. The van der Waals surface area contributed by atoms with Gasteiger partial charge in [0.1, 0.15) is 0 Å². The van der Waals surface area contributed by atoms with Crippen LogP contribution in [0.5, 0.6) is 0 Å². The summed E-state index contributed by atoms with van der Waals surface area (Å²) in [7, 11) is 0. The van der Waals surface area contributed by atoms with Crippen molar-refractivity contribution in [2.45, 2.75) is 44.2 Å². The van der Waals surface area contributed by atoms with Crippen LogP contribution in [0.15, 0.2) is 0 Å². The number of rotatable bonds is 3. The highest BCUT2D eigenvalue weighted by Gasteiger charge is 2.28. The van der Waals surface area contributed by atoms with Crippen LogP contribution in [-0.2, 0) is 4.79 Å². The topological polar surface area (TPSA) is 81.7 Å². The molecular weight excluding hydrogens is 234 g/mol. The van der Waals surface area contributed by atoms with Crippen molar-refractivity contribution in [2.75, 3.05) is 19.6 Å². The SMILES string of the molecule is CC1(O)CCN(CC(=O)NC(=O)NC2CC2)CC1. The predicted octanol–water partition coefficient (Wildman–Crippen LogP) is -0.179. The van der Waals surface area contributed by atoms with Crippen LogP contribution in [0.2, 0.25) is 0 Å². The van der Waals surface area contributed by atoms with Gasteiger partial charge in [0, 0.05) is 19.1 Å². The van der Waals surface area contributed by atoms with E-state index in [0.717, 1.165) is 12.8 Å². The fraction of sp³-hybridized carbons (Fsp3) is 0.833. The molecule has 1 aliphatic heterocycles. The van der Waals surface area contributed by atoms with E-state index in [4.69, 9.17) is 0 Å². The first-order chi connectivity index (χ1) is 8.44. The maximum Gasteiger partial charge on any atom is 0.321 e. The van der Waals surface area contributed by atoms with E-state index in [1.165, 1.54) is 0 Å². The van der Waals surface area contributed by atoms with Crippen LogP contribution in [-0.4, -0.2) is 53.2 Å². The van der Waals surface area contributed by atoms with E-state index in [9.17, 15) is 14.7 Å². The first-order valence-electron chi connectivity index (χ1n) is 6.50. The molecule has 0 bridgehead atoms. The number of piperidine rings is 1. The fourth-order valence-electron chi connectivity index (χ4n) is 2.01. The molecular formula is C12H21N3O3. The quantitative estimate of drug-likeness (QED) is 0.653. The molecule has 2 aliphatic rings. The summed E-state index contributed by atoms with van der Waals surface area (Å²) in [4.78, 5) is 24.9. The Balaban J connectivity index is 1.66. The molecule has 6 nitrogen and oxygen atoms in total. The lowest BCUT2D eigenvalue weighted by Crippen LogP contribution is -2.49. The molecule has 3 N–H and O–H groups in total. The van der Waals surface area contributed by atoms with Gasteiger partial charge in [-0.25, -0.2) is 4.79 Å². The molecule has 1 saturated heterocycles. The van der Waals surface area contributed by atoms with Gasteiger partial charge in [0.05, 0.1) is 12.1 Å². The highest BCUT2D eigenvalue weighted by Crippen LogP contribution is 2.20. The summed E-state index contributed by atoms with van der Waals surface area (Å²) in [5.74, 6) is -0.283. The number of hydrogen-bond donors (Lipinski definition) is 3. The second-order valence-corrected chi connectivity index (χ2v) is 5.57. The highest BCUT2D eigenvalue weighted by molar-refractivity contribution is 5.95. The number of imide groups is 1. The van der Waals surface area contributed by atoms with E-state index in [1.54, 1.807) is 0 Å². The number of aliphatic hydroxyl groups is 1. The third kappa shape index (κ3) is 4.27. The minimum Gasteiger partial charge on any atom is -0.390 e. The molecule has 1 heterocycles. The fourth-order valence-corrected chi connectivity index (χ4v) is 2.01. The van der Waals surface area contributed by atoms with E-state index >= 15 is 0 Å². The van der Waals surface area contributed by atoms with E-state index in [-0.39, 0.29) is 18.5 Å². The zero-order chi connectivity index (χ0) is 13.2. The number of nitrogens with one attached hydrogen (secondary N) is 2. The van der Waals surface area contributed by atoms with Gasteiger partial charge in [0.2, 0.25) is 5.91 Å². The molecule has 0 aromatic carbocycles. The molecule has 3 amide bonds. The van der Waals surface area contributed by atoms with Crippen LogP contribution in [0, 0.1) is 0 Å². The Morgan fingerprint density at radius 2 is 1.94 bits per heavy atom. The zero-order valence-corrected chi connectivity index (χ0v) is 10.7. The van der Waals surface area contributed by atoms with Crippen molar-refractivity contribution < 1.29 is 14.7 Å². The van der Waals surface area contributed by atoms with Crippen LogP contribution in [0.4, 0.5) is 4.79 Å². The number of carbonyl (C=O) groups excluding carboxylic acids is 2. The molecule has 1 aliphatic carbocycles. The average Bonchev–Trinajstić information content (AvgIpc) is 3.04. The van der Waals surface area contributed by atoms with E-state index in [1.807, 2.05) is 11.8 Å². The summed E-state index contributed by atoms with van der Waals surface area (Å²) in [5, 5.41) is 14.8. The Bertz CT molecular complexity index is 329. The number of nitrogens with zero attached hydrogens (tertiary/aromatic N) is 1. The van der Waals surface area contributed by atoms with Crippen molar-refractivity contribution in [1.29, 1.82) is 0 Å². The molecule has 0 aromatic rings. The third-order valence-corrected chi connectivity index (χ3v) is 3.47. The normalized spacial score (nSPS) is 23.4. The van der Waals surface area contributed by atoms with Gasteiger partial charge in [-0.2, -0.15) is 0 Å². The van der Waals surface area contributed by atoms with Crippen molar-refractivity contribution in [3.05, 3.63) is 0 Å². The van der Waals surface area contributed by atoms with Crippen LogP contribution < -0.4 is 10.6 Å². The number of likely N-dealkylation sites (tertiary alicyclic amines) is 1. The summed E-state index contributed by atoms with van der Waals surface area (Å²) in [5.41, 5.74) is -0.615. The monoisotopic (exact) mass is 255 g/mol. The smallest absolute Gasteiger partial charge is 0.321 e. The summed E-state index contributed by atoms with van der Waals surface area (Å²) >= 11 is 0. The summed E-state index contributed by atoms with van der Waals surface area (Å²) in [6.45, 7) is 3.40. The molecule has 0 radical (unpaired) electrons. The molecule has 0 unspecified atom stereocenters. The van der Waals surface area contributed by atoms with Crippen LogP contribution in [0.1, 0.15) is 32.6 Å². The molecule has 1 saturated carbocycles. The van der Waals surface area contributed by atoms with E-state index < -0.39 is 11.6 Å². The molecule has 2 rings (SSSR count). The van der Waals surface area contributed by atoms with Gasteiger partial charge in [0.25, 0.3) is 0 Å². The van der Waals surface area contributed by atoms with E-state index in [2.05, 4.69) is 10.6 Å². The van der Waals surface area contributed by atoms with Crippen molar-refractivity contribution >= 4 is 11.9 Å². The second kappa shape index (κ2) is 5.24. The number of hydrogen-bond acceptors (Lipinski definition) is 4. The summed E-state index contributed by atoms with van der Waals surface area (Å²) in [6, 6.07) is -0.144. The molecule has 0 atom stereocenters. The lowest BCUT2D eigenvalue weighted by atomic mass is 9.94. The van der Waals surface area contributed by atoms with Gasteiger partial charge >= 0.3 is 6.03 Å². The zero-order valence-electron chi connectivity index (χ0n) is 10.7. The minimum absolute atomic E-state index is 0.216. The third-order valence-electron chi connectivity index (χ3n) is 3.47. The lowest BCUT2D eigenvalue weighted by molar-refractivity contribution is -0.122. The van der Waals surface area contributed by atoms with Gasteiger partial charge in [0.15, 0.2) is 0 Å². The summed E-state index contributed by atoms with van der Waals surface area (Å²) < 4.78 is 0. The molecule has 0 spiro atoms. The van der Waals surface area contributed by atoms with Gasteiger partial charge in [-0.15, -0.1) is 0 Å². The molecule has 2 fully saturated rings. The molecule has 6 heteroatoms. The van der Waals surface area contributed by atoms with Crippen molar-refractivity contribution in [1.82, 2.24) is 15.5 Å². The number of urea groups is 1. The van der Waals surface area contributed by atoms with Crippen LogP contribution in [0.25, 0.3) is 0 Å². The van der Waals surface area contributed by atoms with E-state index in [0.29, 0.717) is 25.9 Å². The van der Waals surface area contributed by atoms with Gasteiger partial charge in [-0.3, -0.25) is 15.0 Å². The van der Waals surface area contributed by atoms with Crippen LogP contribution >= 0.6 is 0 Å². The number of amides is 3. The molecule has 0 aromatic heterocycles.